The van der Waals surface area contributed by atoms with Gasteiger partial charge in [-0.2, -0.15) is 0 Å². The molecule has 0 aliphatic carbocycles. The first-order valence-corrected chi connectivity index (χ1v) is 11.9. The Kier molecular flexibility index (Phi) is 6.42. The van der Waals surface area contributed by atoms with Crippen molar-refractivity contribution in [2.45, 2.75) is 13.5 Å². The van der Waals surface area contributed by atoms with Crippen molar-refractivity contribution in [1.82, 2.24) is 19.9 Å². The molecule has 1 fully saturated rings. The minimum absolute atomic E-state index is 0.118. The molecule has 0 spiro atoms. The van der Waals surface area contributed by atoms with Crippen molar-refractivity contribution in [2.75, 3.05) is 31.1 Å². The number of ether oxygens (including phenoxy) is 1. The number of piperazine rings is 1. The largest absolute Gasteiger partial charge is 0.486 e. The fourth-order valence-electron chi connectivity index (χ4n) is 4.22. The van der Waals surface area contributed by atoms with E-state index in [4.69, 9.17) is 16.3 Å². The first kappa shape index (κ1) is 22.9. The van der Waals surface area contributed by atoms with Crippen LogP contribution >= 0.6 is 11.6 Å². The first-order valence-electron chi connectivity index (χ1n) is 11.5. The summed E-state index contributed by atoms with van der Waals surface area (Å²) in [6.45, 7) is 9.56. The highest BCUT2D eigenvalue weighted by molar-refractivity contribution is 6.32. The summed E-state index contributed by atoms with van der Waals surface area (Å²) in [4.78, 5) is 28.8. The van der Waals surface area contributed by atoms with E-state index in [0.717, 1.165) is 48.8 Å². The second-order valence-electron chi connectivity index (χ2n) is 8.53. The molecule has 1 N–H and O–H groups in total. The summed E-state index contributed by atoms with van der Waals surface area (Å²) >= 11 is 6.52. The number of nitrogens with one attached hydrogen (secondary N) is 1. The van der Waals surface area contributed by atoms with Gasteiger partial charge in [-0.05, 0) is 55.0 Å². The normalized spacial score (nSPS) is 13.8. The van der Waals surface area contributed by atoms with Crippen molar-refractivity contribution in [3.63, 3.8) is 0 Å². The first-order chi connectivity index (χ1) is 17.0. The zero-order valence-corrected chi connectivity index (χ0v) is 20.3. The molecular formula is C27H26ClN5O2. The summed E-state index contributed by atoms with van der Waals surface area (Å²) in [7, 11) is 0. The van der Waals surface area contributed by atoms with Crippen LogP contribution in [0.3, 0.4) is 0 Å². The van der Waals surface area contributed by atoms with Crippen LogP contribution in [0.15, 0.2) is 72.0 Å². The predicted octanol–water partition coefficient (Wildman–Crippen LogP) is 4.65. The van der Waals surface area contributed by atoms with Crippen molar-refractivity contribution in [3.8, 4) is 5.75 Å². The molecule has 1 saturated heterocycles. The number of H-pyrrole nitrogens is 1. The average Bonchev–Trinajstić information content (AvgIpc) is 2.87. The van der Waals surface area contributed by atoms with Crippen molar-refractivity contribution in [3.05, 3.63) is 99.6 Å². The molecular weight excluding hydrogens is 462 g/mol. The molecule has 178 valence electrons. The Morgan fingerprint density at radius 2 is 1.86 bits per heavy atom. The van der Waals surface area contributed by atoms with E-state index in [0.29, 0.717) is 34.2 Å². The summed E-state index contributed by atoms with van der Waals surface area (Å²) < 4.78 is 5.88. The molecule has 4 aromatic rings. The lowest BCUT2D eigenvalue weighted by atomic mass is 10.1. The Hall–Kier alpha value is -3.84. The van der Waals surface area contributed by atoms with Gasteiger partial charge in [-0.1, -0.05) is 36.4 Å². The Bertz CT molecular complexity index is 1440. The number of rotatable bonds is 6. The van der Waals surface area contributed by atoms with Crippen LogP contribution in [0.2, 0.25) is 5.02 Å². The van der Waals surface area contributed by atoms with Crippen molar-refractivity contribution < 1.29 is 4.74 Å². The Morgan fingerprint density at radius 1 is 1.06 bits per heavy atom. The third-order valence-corrected chi connectivity index (χ3v) is 6.44. The maximum Gasteiger partial charge on any atom is 0.260 e. The van der Waals surface area contributed by atoms with E-state index in [2.05, 4.69) is 31.3 Å². The number of hydrogen-bond acceptors (Lipinski definition) is 6. The van der Waals surface area contributed by atoms with Gasteiger partial charge in [0.1, 0.15) is 12.4 Å². The topological polar surface area (TPSA) is 74.3 Å². The number of benzene rings is 2. The number of pyridine rings is 1. The quantitative estimate of drug-likeness (QED) is 0.426. The fourth-order valence-corrected chi connectivity index (χ4v) is 4.46. The number of fused-ring (bicyclic) bond motifs is 1. The number of anilines is 1. The average molecular weight is 488 g/mol. The monoisotopic (exact) mass is 487 g/mol. The van der Waals surface area contributed by atoms with Crippen LogP contribution in [0.1, 0.15) is 17.0 Å². The van der Waals surface area contributed by atoms with Gasteiger partial charge < -0.3 is 14.5 Å². The van der Waals surface area contributed by atoms with Crippen molar-refractivity contribution in [2.24, 2.45) is 0 Å². The fraction of sp³-hybridized carbons (Fsp3) is 0.222. The van der Waals surface area contributed by atoms with Gasteiger partial charge in [0.2, 0.25) is 5.95 Å². The summed E-state index contributed by atoms with van der Waals surface area (Å²) in [5.74, 6) is 1.22. The number of hydrogen-bond donors (Lipinski definition) is 1. The van der Waals surface area contributed by atoms with Gasteiger partial charge in [0, 0.05) is 37.6 Å². The summed E-state index contributed by atoms with van der Waals surface area (Å²) in [5.41, 5.74) is 4.24. The van der Waals surface area contributed by atoms with Gasteiger partial charge in [-0.15, -0.1) is 0 Å². The van der Waals surface area contributed by atoms with Crippen LogP contribution in [-0.4, -0.2) is 46.0 Å². The van der Waals surface area contributed by atoms with E-state index in [1.54, 1.807) is 6.07 Å². The molecule has 1 aliphatic rings. The van der Waals surface area contributed by atoms with E-state index in [-0.39, 0.29) is 5.56 Å². The standard InChI is InChI=1S/C27H26ClN5O2/c1-18-6-5-7-21(29-18)17-35-25-11-10-20(16-23(25)28)19(2)32-12-14-33(15-13-32)27-30-24-9-4-3-8-22(24)26(34)31-27/h3-11,16H,2,12-15,17H2,1H3,(H,30,31,34). The number of halogens is 1. The van der Waals surface area contributed by atoms with E-state index >= 15 is 0 Å². The predicted molar refractivity (Wildman–Crippen MR) is 140 cm³/mol. The van der Waals surface area contributed by atoms with Gasteiger partial charge in [-0.25, -0.2) is 4.98 Å². The maximum atomic E-state index is 12.4. The molecule has 0 radical (unpaired) electrons. The zero-order chi connectivity index (χ0) is 24.4. The van der Waals surface area contributed by atoms with Crippen LogP contribution in [-0.2, 0) is 6.61 Å². The van der Waals surface area contributed by atoms with Crippen LogP contribution in [0.25, 0.3) is 16.6 Å². The minimum Gasteiger partial charge on any atom is -0.486 e. The van der Waals surface area contributed by atoms with Crippen LogP contribution in [0.4, 0.5) is 5.95 Å². The molecule has 8 heteroatoms. The Balaban J connectivity index is 1.22. The molecule has 2 aromatic heterocycles. The number of aromatic amines is 1. The lowest BCUT2D eigenvalue weighted by Crippen LogP contribution is -2.46. The Morgan fingerprint density at radius 3 is 2.63 bits per heavy atom. The number of nitrogens with zero attached hydrogens (tertiary/aromatic N) is 4. The van der Waals surface area contributed by atoms with Crippen LogP contribution in [0.5, 0.6) is 5.75 Å². The molecule has 0 bridgehead atoms. The van der Waals surface area contributed by atoms with Crippen molar-refractivity contribution >= 4 is 34.1 Å². The molecule has 0 saturated carbocycles. The molecule has 35 heavy (non-hydrogen) atoms. The second kappa shape index (κ2) is 9.80. The van der Waals surface area contributed by atoms with Crippen LogP contribution < -0.4 is 15.2 Å². The lowest BCUT2D eigenvalue weighted by molar-refractivity contribution is 0.301. The molecule has 5 rings (SSSR count). The van der Waals surface area contributed by atoms with Gasteiger partial charge in [0.25, 0.3) is 5.56 Å². The third kappa shape index (κ3) is 5.00. The van der Waals surface area contributed by atoms with Gasteiger partial charge in [0.15, 0.2) is 0 Å². The summed E-state index contributed by atoms with van der Waals surface area (Å²) in [6.07, 6.45) is 0. The second-order valence-corrected chi connectivity index (χ2v) is 8.94. The molecule has 2 aromatic carbocycles. The van der Waals surface area contributed by atoms with E-state index in [1.165, 1.54) is 0 Å². The maximum absolute atomic E-state index is 12.4. The van der Waals surface area contributed by atoms with E-state index in [1.807, 2.05) is 61.5 Å². The number of para-hydroxylation sites is 1. The van der Waals surface area contributed by atoms with Crippen LogP contribution in [0, 0.1) is 6.92 Å². The molecule has 0 amide bonds. The van der Waals surface area contributed by atoms with Gasteiger partial charge >= 0.3 is 0 Å². The summed E-state index contributed by atoms with van der Waals surface area (Å²) in [6, 6.07) is 19.0. The highest BCUT2D eigenvalue weighted by atomic mass is 35.5. The number of aryl methyl sites for hydroxylation is 1. The van der Waals surface area contributed by atoms with E-state index in [9.17, 15) is 4.79 Å². The highest BCUT2D eigenvalue weighted by Gasteiger charge is 2.21. The van der Waals surface area contributed by atoms with Gasteiger partial charge in [-0.3, -0.25) is 14.8 Å². The van der Waals surface area contributed by atoms with E-state index < -0.39 is 0 Å². The molecule has 0 atom stereocenters. The molecule has 1 aliphatic heterocycles. The minimum atomic E-state index is -0.118. The Labute approximate surface area is 208 Å². The third-order valence-electron chi connectivity index (χ3n) is 6.15. The molecule has 0 unspecified atom stereocenters. The SMILES string of the molecule is C=C(c1ccc(OCc2cccc(C)n2)c(Cl)c1)N1CCN(c2nc3ccccc3c(=O)[nH]2)CC1. The number of aromatic nitrogens is 3. The smallest absolute Gasteiger partial charge is 0.260 e. The zero-order valence-electron chi connectivity index (χ0n) is 19.5. The van der Waals surface area contributed by atoms with Crippen molar-refractivity contribution in [1.29, 1.82) is 0 Å². The highest BCUT2D eigenvalue weighted by Crippen LogP contribution is 2.30. The van der Waals surface area contributed by atoms with Gasteiger partial charge in [0.05, 0.1) is 21.6 Å². The summed E-state index contributed by atoms with van der Waals surface area (Å²) in [5, 5.41) is 1.13. The lowest BCUT2D eigenvalue weighted by Gasteiger charge is -2.37. The molecule has 7 nitrogen and oxygen atoms in total. The molecule has 3 heterocycles.